The molecule has 9 nitrogen and oxygen atoms in total. The van der Waals surface area contributed by atoms with E-state index < -0.39 is 25.1 Å². The molecule has 0 fully saturated rings. The third kappa shape index (κ3) is 12.2. The monoisotopic (exact) mass is 631 g/mol. The Morgan fingerprint density at radius 2 is 1.73 bits per heavy atom. The number of phosphoric ester groups is 1. The van der Waals surface area contributed by atoms with Crippen LogP contribution in [-0.4, -0.2) is 52.0 Å². The summed E-state index contributed by atoms with van der Waals surface area (Å²) in [4.78, 5) is 14.6. The van der Waals surface area contributed by atoms with Gasteiger partial charge in [0.15, 0.2) is 6.79 Å². The third-order valence-electron chi connectivity index (χ3n) is 5.87. The topological polar surface area (TPSA) is 102 Å². The van der Waals surface area contributed by atoms with Crippen molar-refractivity contribution >= 4 is 37.3 Å². The lowest BCUT2D eigenvalue weighted by Crippen LogP contribution is -2.51. The van der Waals surface area contributed by atoms with E-state index in [1.54, 1.807) is 46.6 Å². The van der Waals surface area contributed by atoms with Crippen LogP contribution >= 0.6 is 31.2 Å². The van der Waals surface area contributed by atoms with Gasteiger partial charge in [0.05, 0.1) is 17.0 Å². The molecule has 0 aliphatic carbocycles. The first-order valence-electron chi connectivity index (χ1n) is 13.3. The van der Waals surface area contributed by atoms with Crippen LogP contribution in [0.25, 0.3) is 0 Å². The van der Waals surface area contributed by atoms with E-state index in [1.807, 2.05) is 24.3 Å². The predicted octanol–water partition coefficient (Wildman–Crippen LogP) is 8.06. The van der Waals surface area contributed by atoms with Crippen molar-refractivity contribution in [1.82, 2.24) is 5.32 Å². The van der Waals surface area contributed by atoms with E-state index >= 15 is 0 Å². The van der Waals surface area contributed by atoms with Gasteiger partial charge in [-0.15, -0.1) is 0 Å². The van der Waals surface area contributed by atoms with Crippen molar-refractivity contribution < 1.29 is 37.1 Å². The molecular weight excluding hydrogens is 589 g/mol. The number of alkyl carbamates (subject to hydrolysis) is 1. The van der Waals surface area contributed by atoms with E-state index in [9.17, 15) is 9.36 Å². The van der Waals surface area contributed by atoms with Crippen LogP contribution < -0.4 is 10.1 Å². The molecule has 0 unspecified atom stereocenters. The molecule has 2 rings (SSSR count). The smallest absolute Gasteiger partial charge is 0.466 e. The molecule has 0 saturated carbocycles. The fourth-order valence-corrected chi connectivity index (χ4v) is 5.92. The van der Waals surface area contributed by atoms with E-state index in [-0.39, 0.29) is 13.4 Å². The Hall–Kier alpha value is -1.78. The van der Waals surface area contributed by atoms with Gasteiger partial charge in [-0.3, -0.25) is 13.6 Å². The SMILES string of the molecule is CCCc1ccc(OCOC)c(Sc2ccc(CC[C@@](C)(COP(=O)(OC)OC)NC(=O)OC(C)(C)C)c(Cl)c2)c1. The second-order valence-corrected chi connectivity index (χ2v) is 14.1. The Balaban J connectivity index is 2.22. The Morgan fingerprint density at radius 3 is 2.32 bits per heavy atom. The summed E-state index contributed by atoms with van der Waals surface area (Å²) in [7, 11) is 0.284. The average molecular weight is 632 g/mol. The molecule has 230 valence electrons. The number of ether oxygens (including phenoxy) is 3. The van der Waals surface area contributed by atoms with Crippen molar-refractivity contribution in [3.05, 3.63) is 52.5 Å². The zero-order valence-corrected chi connectivity index (χ0v) is 27.7. The van der Waals surface area contributed by atoms with Gasteiger partial charge in [0.1, 0.15) is 11.4 Å². The number of carbonyl (C=O) groups excluding carboxylic acids is 1. The van der Waals surface area contributed by atoms with Crippen LogP contribution in [0.2, 0.25) is 5.02 Å². The number of amides is 1. The van der Waals surface area contributed by atoms with Crippen molar-refractivity contribution in [1.29, 1.82) is 0 Å². The molecule has 1 atom stereocenters. The first kappa shape index (κ1) is 35.4. The molecule has 0 radical (unpaired) electrons. The third-order valence-corrected chi connectivity index (χ3v) is 8.59. The Kier molecular flexibility index (Phi) is 14.0. The van der Waals surface area contributed by atoms with Gasteiger partial charge in [-0.2, -0.15) is 0 Å². The number of halogens is 1. The predicted molar refractivity (Wildman–Crippen MR) is 162 cm³/mol. The Labute approximate surface area is 253 Å². The minimum Gasteiger partial charge on any atom is -0.466 e. The second kappa shape index (κ2) is 16.2. The summed E-state index contributed by atoms with van der Waals surface area (Å²) < 4.78 is 44.1. The highest BCUT2D eigenvalue weighted by Gasteiger charge is 2.34. The number of hydrogen-bond donors (Lipinski definition) is 1. The molecule has 1 N–H and O–H groups in total. The van der Waals surface area contributed by atoms with E-state index in [1.165, 1.54) is 19.8 Å². The van der Waals surface area contributed by atoms with Crippen molar-refractivity contribution in [3.8, 4) is 5.75 Å². The Bertz CT molecular complexity index is 1180. The van der Waals surface area contributed by atoms with Crippen molar-refractivity contribution in [2.75, 3.05) is 34.7 Å². The minimum atomic E-state index is -3.77. The summed E-state index contributed by atoms with van der Waals surface area (Å²) >= 11 is 8.29. The van der Waals surface area contributed by atoms with E-state index in [2.05, 4.69) is 24.4 Å². The average Bonchev–Trinajstić information content (AvgIpc) is 2.90. The molecule has 0 saturated heterocycles. The van der Waals surface area contributed by atoms with Gasteiger partial charge in [0.2, 0.25) is 0 Å². The maximum Gasteiger partial charge on any atom is 0.474 e. The standard InChI is InChI=1S/C29H43ClNO8PS/c1-9-10-21-11-14-25(37-20-34-6)26(17-21)41-23-13-12-22(24(30)18-23)15-16-29(5,19-38-40(33,35-7)36-8)31-27(32)39-28(2,3)4/h11-14,17-18H,9-10,15-16,19-20H2,1-8H3,(H,31,32)/t29-/m0/s1. The maximum atomic E-state index is 12.6. The van der Waals surface area contributed by atoms with Crippen molar-refractivity contribution in [2.24, 2.45) is 0 Å². The highest BCUT2D eigenvalue weighted by atomic mass is 35.5. The van der Waals surface area contributed by atoms with Crippen molar-refractivity contribution in [2.45, 2.75) is 81.2 Å². The molecular formula is C29H43ClNO8PS. The number of hydrogen-bond acceptors (Lipinski definition) is 9. The van der Waals surface area contributed by atoms with Crippen molar-refractivity contribution in [3.63, 3.8) is 0 Å². The summed E-state index contributed by atoms with van der Waals surface area (Å²) in [6, 6.07) is 12.0. The summed E-state index contributed by atoms with van der Waals surface area (Å²) in [5, 5.41) is 3.44. The number of rotatable bonds is 16. The fourth-order valence-electron chi connectivity index (χ4n) is 3.77. The maximum absolute atomic E-state index is 12.6. The van der Waals surface area contributed by atoms with Crippen LogP contribution in [0.3, 0.4) is 0 Å². The number of phosphoric acid groups is 1. The minimum absolute atomic E-state index is 0.144. The normalized spacial score (nSPS) is 13.5. The van der Waals surface area contributed by atoms with Gasteiger partial charge in [-0.25, -0.2) is 9.36 Å². The van der Waals surface area contributed by atoms with Crippen LogP contribution in [0.5, 0.6) is 5.75 Å². The van der Waals surface area contributed by atoms with Gasteiger partial charge >= 0.3 is 13.9 Å². The van der Waals surface area contributed by atoms with Crippen LogP contribution in [-0.2, 0) is 40.5 Å². The molecule has 0 heterocycles. The number of methoxy groups -OCH3 is 1. The molecule has 2 aromatic rings. The fraction of sp³-hybridized carbons (Fsp3) is 0.552. The molecule has 1 amide bonds. The van der Waals surface area contributed by atoms with Crippen LogP contribution in [0.1, 0.15) is 58.6 Å². The van der Waals surface area contributed by atoms with Gasteiger partial charge in [0, 0.05) is 31.2 Å². The molecule has 0 aromatic heterocycles. The number of nitrogens with one attached hydrogen (secondary N) is 1. The lowest BCUT2D eigenvalue weighted by atomic mass is 9.94. The van der Waals surface area contributed by atoms with Gasteiger partial charge in [-0.05, 0) is 82.3 Å². The van der Waals surface area contributed by atoms with Gasteiger partial charge in [-0.1, -0.05) is 48.8 Å². The largest absolute Gasteiger partial charge is 0.474 e. The number of aryl methyl sites for hydroxylation is 2. The summed E-state index contributed by atoms with van der Waals surface area (Å²) in [5.41, 5.74) is 0.444. The highest BCUT2D eigenvalue weighted by Crippen LogP contribution is 2.48. The second-order valence-electron chi connectivity index (χ2n) is 10.7. The zero-order valence-electron chi connectivity index (χ0n) is 25.2. The molecule has 0 aliphatic heterocycles. The van der Waals surface area contributed by atoms with Crippen LogP contribution in [0.15, 0.2) is 46.2 Å². The quantitative estimate of drug-likeness (QED) is 0.146. The van der Waals surface area contributed by atoms with E-state index in [4.69, 9.17) is 39.4 Å². The number of benzene rings is 2. The van der Waals surface area contributed by atoms with E-state index in [0.29, 0.717) is 17.9 Å². The van der Waals surface area contributed by atoms with E-state index in [0.717, 1.165) is 33.9 Å². The molecule has 41 heavy (non-hydrogen) atoms. The highest BCUT2D eigenvalue weighted by molar-refractivity contribution is 7.99. The molecule has 0 bridgehead atoms. The summed E-state index contributed by atoms with van der Waals surface area (Å²) in [6.07, 6.45) is 2.30. The first-order valence-corrected chi connectivity index (χ1v) is 16.0. The summed E-state index contributed by atoms with van der Waals surface area (Å²) in [5.74, 6) is 0.741. The molecule has 2 aromatic carbocycles. The van der Waals surface area contributed by atoms with Crippen LogP contribution in [0.4, 0.5) is 4.79 Å². The first-order chi connectivity index (χ1) is 19.2. The zero-order chi connectivity index (χ0) is 30.7. The molecule has 12 heteroatoms. The van der Waals surface area contributed by atoms with Crippen LogP contribution in [0, 0.1) is 0 Å². The lowest BCUT2D eigenvalue weighted by Gasteiger charge is -2.32. The van der Waals surface area contributed by atoms with Gasteiger partial charge in [0.25, 0.3) is 0 Å². The number of carbonyl (C=O) groups is 1. The summed E-state index contributed by atoms with van der Waals surface area (Å²) in [6.45, 7) is 9.26. The lowest BCUT2D eigenvalue weighted by molar-refractivity contribution is 0.0389. The van der Waals surface area contributed by atoms with Gasteiger partial charge < -0.3 is 19.5 Å². The molecule has 0 spiro atoms. The Morgan fingerprint density at radius 1 is 1.02 bits per heavy atom. The molecule has 0 aliphatic rings.